The largest absolute Gasteiger partial charge is 0.497 e. The number of ether oxygens (including phenoxy) is 1. The molecule has 1 spiro atoms. The predicted molar refractivity (Wildman–Crippen MR) is 114 cm³/mol. The maximum Gasteiger partial charge on any atom is 0.256 e. The van der Waals surface area contributed by atoms with Gasteiger partial charge in [-0.1, -0.05) is 0 Å². The Kier molecular flexibility index (Phi) is 4.34. The van der Waals surface area contributed by atoms with Crippen LogP contribution in [-0.2, 0) is 12.5 Å². The number of carbonyl (C=O) groups excluding carboxylic acids is 1. The molecule has 1 aromatic carbocycles. The van der Waals surface area contributed by atoms with Gasteiger partial charge in [0.1, 0.15) is 5.75 Å². The molecule has 0 saturated carbocycles. The van der Waals surface area contributed by atoms with E-state index in [1.807, 2.05) is 24.1 Å². The van der Waals surface area contributed by atoms with Crippen molar-refractivity contribution in [3.63, 3.8) is 0 Å². The molecule has 5 rings (SSSR count). The van der Waals surface area contributed by atoms with Crippen LogP contribution in [0.1, 0.15) is 27.7 Å². The van der Waals surface area contributed by atoms with E-state index in [0.717, 1.165) is 30.0 Å². The average molecular weight is 406 g/mol. The molecule has 1 amide bonds. The third-order valence-corrected chi connectivity index (χ3v) is 6.64. The number of pyridine rings is 1. The van der Waals surface area contributed by atoms with Crippen molar-refractivity contribution in [3.05, 3.63) is 59.5 Å². The minimum atomic E-state index is -0.410. The summed E-state index contributed by atoms with van der Waals surface area (Å²) in [4.78, 5) is 21.7. The van der Waals surface area contributed by atoms with E-state index in [4.69, 9.17) is 4.74 Å². The minimum absolute atomic E-state index is 0.0930. The number of aliphatic hydroxyl groups excluding tert-OH is 1. The number of aliphatic hydroxyl groups is 1. The number of nitrogens with zero attached hydrogens (tertiary/aromatic N) is 4. The van der Waals surface area contributed by atoms with Crippen molar-refractivity contribution in [2.75, 3.05) is 40.4 Å². The quantitative estimate of drug-likeness (QED) is 0.720. The zero-order valence-corrected chi connectivity index (χ0v) is 17.5. The van der Waals surface area contributed by atoms with Crippen LogP contribution in [0.4, 0.5) is 0 Å². The second kappa shape index (κ2) is 6.82. The van der Waals surface area contributed by atoms with Gasteiger partial charge in [0.15, 0.2) is 0 Å². The Bertz CT molecular complexity index is 1120. The smallest absolute Gasteiger partial charge is 0.256 e. The lowest BCUT2D eigenvalue weighted by atomic mass is 9.69. The molecule has 0 radical (unpaired) electrons. The fraction of sp³-hybridized carbons (Fsp3) is 0.391. The third kappa shape index (κ3) is 2.58. The van der Waals surface area contributed by atoms with Crippen LogP contribution < -0.4 is 4.74 Å². The molecule has 4 heterocycles. The van der Waals surface area contributed by atoms with Gasteiger partial charge in [0.2, 0.25) is 0 Å². The highest BCUT2D eigenvalue weighted by Gasteiger charge is 2.53. The lowest BCUT2D eigenvalue weighted by Crippen LogP contribution is -2.66. The normalized spacial score (nSPS) is 20.3. The Morgan fingerprint density at radius 2 is 2.07 bits per heavy atom. The number of methoxy groups -OCH3 is 1. The van der Waals surface area contributed by atoms with E-state index in [0.29, 0.717) is 12.1 Å². The number of benzene rings is 1. The number of aromatic nitrogens is 2. The van der Waals surface area contributed by atoms with Crippen molar-refractivity contribution in [2.45, 2.75) is 11.5 Å². The summed E-state index contributed by atoms with van der Waals surface area (Å²) in [6.07, 6.45) is 3.26. The summed E-state index contributed by atoms with van der Waals surface area (Å²) in [5.74, 6) is 0.702. The summed E-state index contributed by atoms with van der Waals surface area (Å²) < 4.78 is 7.57. The van der Waals surface area contributed by atoms with E-state index in [9.17, 15) is 9.90 Å². The molecule has 0 bridgehead atoms. The summed E-state index contributed by atoms with van der Waals surface area (Å²) in [6, 6.07) is 9.27. The molecule has 7 heteroatoms. The second-order valence-corrected chi connectivity index (χ2v) is 8.53. The van der Waals surface area contributed by atoms with Gasteiger partial charge in [-0.25, -0.2) is 0 Å². The number of aryl methyl sites for hydroxylation is 1. The van der Waals surface area contributed by atoms with Crippen molar-refractivity contribution in [2.24, 2.45) is 7.05 Å². The molecule has 1 N–H and O–H groups in total. The number of likely N-dealkylation sites (tertiary alicyclic amines) is 1. The highest BCUT2D eigenvalue weighted by Crippen LogP contribution is 2.49. The van der Waals surface area contributed by atoms with Crippen molar-refractivity contribution in [1.82, 2.24) is 19.4 Å². The number of hydrogen-bond acceptors (Lipinski definition) is 5. The van der Waals surface area contributed by atoms with Gasteiger partial charge >= 0.3 is 0 Å². The summed E-state index contributed by atoms with van der Waals surface area (Å²) in [6.45, 7) is 2.20. The van der Waals surface area contributed by atoms with Crippen molar-refractivity contribution >= 4 is 16.8 Å². The van der Waals surface area contributed by atoms with Crippen LogP contribution in [0.5, 0.6) is 5.75 Å². The van der Waals surface area contributed by atoms with Crippen LogP contribution in [0, 0.1) is 0 Å². The topological polar surface area (TPSA) is 70.8 Å². The van der Waals surface area contributed by atoms with Crippen LogP contribution >= 0.6 is 0 Å². The van der Waals surface area contributed by atoms with E-state index in [-0.39, 0.29) is 17.9 Å². The maximum atomic E-state index is 13.4. The Morgan fingerprint density at radius 3 is 2.70 bits per heavy atom. The fourth-order valence-corrected chi connectivity index (χ4v) is 5.47. The lowest BCUT2D eigenvalue weighted by Gasteiger charge is -2.55. The van der Waals surface area contributed by atoms with Gasteiger partial charge in [-0.3, -0.25) is 9.78 Å². The first-order chi connectivity index (χ1) is 14.5. The van der Waals surface area contributed by atoms with Gasteiger partial charge < -0.3 is 24.2 Å². The molecule has 1 atom stereocenters. The third-order valence-electron chi connectivity index (χ3n) is 6.64. The molecule has 2 aromatic heterocycles. The number of amides is 1. The molecule has 0 unspecified atom stereocenters. The van der Waals surface area contributed by atoms with Crippen molar-refractivity contribution in [3.8, 4) is 5.75 Å². The average Bonchev–Trinajstić information content (AvgIpc) is 3.05. The molecule has 3 aromatic rings. The molecule has 0 aliphatic carbocycles. The molecule has 1 saturated heterocycles. The lowest BCUT2D eigenvalue weighted by molar-refractivity contribution is 0.00867. The molecule has 2 aliphatic rings. The number of rotatable bonds is 3. The molecule has 2 aliphatic heterocycles. The summed E-state index contributed by atoms with van der Waals surface area (Å²) in [7, 11) is 5.78. The monoisotopic (exact) mass is 406 g/mol. The molecule has 156 valence electrons. The molecular formula is C23H26N4O3. The molecule has 7 nitrogen and oxygen atoms in total. The summed E-state index contributed by atoms with van der Waals surface area (Å²) >= 11 is 0. The Labute approximate surface area is 175 Å². The second-order valence-electron chi connectivity index (χ2n) is 8.53. The number of likely N-dealkylation sites (N-methyl/N-ethyl adjacent to an activating group) is 1. The highest BCUT2D eigenvalue weighted by atomic mass is 16.5. The highest BCUT2D eigenvalue weighted by molar-refractivity contribution is 5.96. The molecular weight excluding hydrogens is 380 g/mol. The van der Waals surface area contributed by atoms with E-state index >= 15 is 0 Å². The van der Waals surface area contributed by atoms with E-state index in [2.05, 4.69) is 27.6 Å². The van der Waals surface area contributed by atoms with Crippen LogP contribution in [0.15, 0.2) is 42.7 Å². The SMILES string of the molecule is COc1ccc2c3c(n(C)c2c1)[C@@H](CO)N(C(=O)c1cccnc1)CC31CN(C)C1. The fourth-order valence-electron chi connectivity index (χ4n) is 5.47. The van der Waals surface area contributed by atoms with E-state index in [1.54, 1.807) is 31.6 Å². The Hall–Kier alpha value is -2.90. The van der Waals surface area contributed by atoms with Crippen LogP contribution in [-0.4, -0.2) is 70.8 Å². The molecule has 30 heavy (non-hydrogen) atoms. The zero-order chi connectivity index (χ0) is 21.0. The van der Waals surface area contributed by atoms with E-state index < -0.39 is 6.04 Å². The van der Waals surface area contributed by atoms with E-state index in [1.165, 1.54) is 10.9 Å². The first-order valence-corrected chi connectivity index (χ1v) is 10.2. The molecule has 1 fully saturated rings. The number of hydrogen-bond donors (Lipinski definition) is 1. The predicted octanol–water partition coefficient (Wildman–Crippen LogP) is 1.95. The van der Waals surface area contributed by atoms with Gasteiger partial charge in [-0.15, -0.1) is 0 Å². The number of carbonyl (C=O) groups is 1. The Morgan fingerprint density at radius 1 is 1.27 bits per heavy atom. The van der Waals surface area contributed by atoms with Gasteiger partial charge in [0.25, 0.3) is 5.91 Å². The Balaban J connectivity index is 1.72. The zero-order valence-electron chi connectivity index (χ0n) is 17.5. The standard InChI is InChI=1S/C23H26N4O3/c1-25-12-23(13-25)14-27(22(29)15-5-4-8-24-10-15)19(11-28)21-20(23)17-7-6-16(30-3)9-18(17)26(21)2/h4-10,19,28H,11-14H2,1-3H3/t19-/m1/s1. The summed E-state index contributed by atoms with van der Waals surface area (Å²) in [5.41, 5.74) is 3.72. The van der Waals surface area contributed by atoms with Crippen molar-refractivity contribution in [1.29, 1.82) is 0 Å². The van der Waals surface area contributed by atoms with Crippen molar-refractivity contribution < 1.29 is 14.6 Å². The van der Waals surface area contributed by atoms with Gasteiger partial charge in [-0.05, 0) is 36.9 Å². The first kappa shape index (κ1) is 19.1. The van der Waals surface area contributed by atoms with Gasteiger partial charge in [0, 0.05) is 61.6 Å². The minimum Gasteiger partial charge on any atom is -0.497 e. The number of fused-ring (bicyclic) bond motifs is 4. The summed E-state index contributed by atoms with van der Waals surface area (Å²) in [5, 5.41) is 11.6. The van der Waals surface area contributed by atoms with Crippen LogP contribution in [0.3, 0.4) is 0 Å². The first-order valence-electron chi connectivity index (χ1n) is 10.2. The maximum absolute atomic E-state index is 13.4. The van der Waals surface area contributed by atoms with Gasteiger partial charge in [-0.2, -0.15) is 0 Å². The van der Waals surface area contributed by atoms with Crippen LogP contribution in [0.25, 0.3) is 10.9 Å². The van der Waals surface area contributed by atoms with Crippen LogP contribution in [0.2, 0.25) is 0 Å². The van der Waals surface area contributed by atoms with Gasteiger partial charge in [0.05, 0.1) is 30.8 Å².